The van der Waals surface area contributed by atoms with E-state index in [-0.39, 0.29) is 17.6 Å². The molecule has 0 saturated carbocycles. The van der Waals surface area contributed by atoms with Crippen molar-refractivity contribution in [3.8, 4) is 0 Å². The second kappa shape index (κ2) is 9.33. The zero-order valence-electron chi connectivity index (χ0n) is 16.3. The highest BCUT2D eigenvalue weighted by Crippen LogP contribution is 2.24. The standard InChI is InChI=1S/C18H26FN3O5S/c1-4-27-18(24)14-9-11-21(12-10-14)17(23)13-22(28(25,26)20(2)3)16-8-6-5-7-15(16)19/h5-8,14H,4,9-13H2,1-3H3. The van der Waals surface area contributed by atoms with Gasteiger partial charge in [0.25, 0.3) is 0 Å². The topological polar surface area (TPSA) is 87.2 Å². The van der Waals surface area contributed by atoms with Gasteiger partial charge in [0, 0.05) is 27.2 Å². The molecule has 0 spiro atoms. The normalized spacial score (nSPS) is 15.5. The van der Waals surface area contributed by atoms with Crippen LogP contribution in [0.2, 0.25) is 0 Å². The lowest BCUT2D eigenvalue weighted by Gasteiger charge is -2.33. The number of carbonyl (C=O) groups is 2. The van der Waals surface area contributed by atoms with Gasteiger partial charge in [0.05, 0.1) is 18.2 Å². The van der Waals surface area contributed by atoms with Crippen molar-refractivity contribution < 1.29 is 27.1 Å². The van der Waals surface area contributed by atoms with Crippen LogP contribution >= 0.6 is 0 Å². The van der Waals surface area contributed by atoms with Crippen LogP contribution in [0.25, 0.3) is 0 Å². The number of hydrogen-bond donors (Lipinski definition) is 0. The summed E-state index contributed by atoms with van der Waals surface area (Å²) in [6.45, 7) is 2.15. The summed E-state index contributed by atoms with van der Waals surface area (Å²) >= 11 is 0. The number of hydrogen-bond acceptors (Lipinski definition) is 5. The third kappa shape index (κ3) is 4.99. The van der Waals surface area contributed by atoms with Crippen LogP contribution in [0.15, 0.2) is 24.3 Å². The summed E-state index contributed by atoms with van der Waals surface area (Å²) in [5, 5.41) is 0. The molecular weight excluding hydrogens is 389 g/mol. The number of nitrogens with zero attached hydrogens (tertiary/aromatic N) is 3. The van der Waals surface area contributed by atoms with Crippen molar-refractivity contribution in [3.05, 3.63) is 30.1 Å². The Morgan fingerprint density at radius 1 is 1.21 bits per heavy atom. The first kappa shape index (κ1) is 22.1. The molecule has 0 radical (unpaired) electrons. The summed E-state index contributed by atoms with van der Waals surface area (Å²) in [5.74, 6) is -1.73. The maximum Gasteiger partial charge on any atom is 0.309 e. The number of esters is 1. The van der Waals surface area contributed by atoms with E-state index in [2.05, 4.69) is 0 Å². The Balaban J connectivity index is 2.14. The molecule has 0 aliphatic carbocycles. The molecule has 1 aliphatic heterocycles. The molecule has 0 atom stereocenters. The number of amides is 1. The molecule has 8 nitrogen and oxygen atoms in total. The maximum absolute atomic E-state index is 14.2. The Hall–Kier alpha value is -2.20. The largest absolute Gasteiger partial charge is 0.466 e. The average Bonchev–Trinajstić information content (AvgIpc) is 2.66. The van der Waals surface area contributed by atoms with E-state index in [0.717, 1.165) is 14.7 Å². The quantitative estimate of drug-likeness (QED) is 0.626. The average molecular weight is 415 g/mol. The van der Waals surface area contributed by atoms with Gasteiger partial charge in [-0.05, 0) is 31.9 Å². The van der Waals surface area contributed by atoms with E-state index in [1.807, 2.05) is 0 Å². The lowest BCUT2D eigenvalue weighted by atomic mass is 9.97. The molecule has 10 heteroatoms. The first-order valence-electron chi connectivity index (χ1n) is 9.07. The summed E-state index contributed by atoms with van der Waals surface area (Å²) in [6.07, 6.45) is 0.898. The van der Waals surface area contributed by atoms with Crippen LogP contribution in [0.1, 0.15) is 19.8 Å². The number of piperidine rings is 1. The SMILES string of the molecule is CCOC(=O)C1CCN(C(=O)CN(c2ccccc2F)S(=O)(=O)N(C)C)CC1. The molecule has 28 heavy (non-hydrogen) atoms. The van der Waals surface area contributed by atoms with Crippen LogP contribution in [0.4, 0.5) is 10.1 Å². The van der Waals surface area contributed by atoms with E-state index in [1.54, 1.807) is 6.92 Å². The second-order valence-electron chi connectivity index (χ2n) is 6.66. The molecule has 1 aromatic rings. The minimum atomic E-state index is -4.07. The van der Waals surface area contributed by atoms with Gasteiger partial charge in [0.15, 0.2) is 0 Å². The molecule has 0 unspecified atom stereocenters. The molecule has 1 heterocycles. The first-order valence-corrected chi connectivity index (χ1v) is 10.5. The molecule has 0 N–H and O–H groups in total. The number of rotatable bonds is 7. The van der Waals surface area contributed by atoms with Crippen molar-refractivity contribution in [2.45, 2.75) is 19.8 Å². The summed E-state index contributed by atoms with van der Waals surface area (Å²) in [4.78, 5) is 26.0. The highest BCUT2D eigenvalue weighted by Gasteiger charge is 2.33. The maximum atomic E-state index is 14.2. The van der Waals surface area contributed by atoms with E-state index in [9.17, 15) is 22.4 Å². The van der Waals surface area contributed by atoms with E-state index >= 15 is 0 Å². The number of carbonyl (C=O) groups excluding carboxylic acids is 2. The van der Waals surface area contributed by atoms with Crippen molar-refractivity contribution in [1.82, 2.24) is 9.21 Å². The third-order valence-electron chi connectivity index (χ3n) is 4.61. The van der Waals surface area contributed by atoms with Gasteiger partial charge in [-0.3, -0.25) is 9.59 Å². The number of para-hydroxylation sites is 1. The van der Waals surface area contributed by atoms with Crippen LogP contribution in [0.3, 0.4) is 0 Å². The van der Waals surface area contributed by atoms with E-state index in [1.165, 1.54) is 37.2 Å². The van der Waals surface area contributed by atoms with Crippen molar-refractivity contribution >= 4 is 27.8 Å². The number of anilines is 1. The first-order chi connectivity index (χ1) is 13.2. The van der Waals surface area contributed by atoms with E-state index in [0.29, 0.717) is 32.5 Å². The van der Waals surface area contributed by atoms with Crippen molar-refractivity contribution in [2.75, 3.05) is 44.6 Å². The fourth-order valence-electron chi connectivity index (χ4n) is 2.99. The van der Waals surface area contributed by atoms with Gasteiger partial charge in [0.1, 0.15) is 12.4 Å². The minimum absolute atomic E-state index is 0.189. The monoisotopic (exact) mass is 415 g/mol. The summed E-state index contributed by atoms with van der Waals surface area (Å²) in [5.41, 5.74) is -0.189. The van der Waals surface area contributed by atoms with Gasteiger partial charge in [-0.1, -0.05) is 12.1 Å². The predicted molar refractivity (Wildman–Crippen MR) is 102 cm³/mol. The van der Waals surface area contributed by atoms with Crippen LogP contribution < -0.4 is 4.31 Å². The van der Waals surface area contributed by atoms with Gasteiger partial charge >= 0.3 is 16.2 Å². The smallest absolute Gasteiger partial charge is 0.309 e. The molecule has 156 valence electrons. The Bertz CT molecular complexity index is 807. The molecular formula is C18H26FN3O5S. The van der Waals surface area contributed by atoms with Crippen LogP contribution in [0.5, 0.6) is 0 Å². The highest BCUT2D eigenvalue weighted by molar-refractivity contribution is 7.90. The molecule has 0 aromatic heterocycles. The highest BCUT2D eigenvalue weighted by atomic mass is 32.2. The predicted octanol–water partition coefficient (Wildman–Crippen LogP) is 1.24. The number of halogens is 1. The van der Waals surface area contributed by atoms with Crippen LogP contribution in [-0.4, -0.2) is 69.8 Å². The lowest BCUT2D eigenvalue weighted by Crippen LogP contribution is -2.49. The summed E-state index contributed by atoms with van der Waals surface area (Å²) < 4.78 is 46.3. The molecule has 1 saturated heterocycles. The Morgan fingerprint density at radius 3 is 2.36 bits per heavy atom. The van der Waals surface area contributed by atoms with Gasteiger partial charge in [-0.25, -0.2) is 8.70 Å². The van der Waals surface area contributed by atoms with Gasteiger partial charge < -0.3 is 9.64 Å². The number of ether oxygens (including phenoxy) is 1. The molecule has 0 bridgehead atoms. The van der Waals surface area contributed by atoms with Crippen LogP contribution in [0, 0.1) is 11.7 Å². The lowest BCUT2D eigenvalue weighted by molar-refractivity contribution is -0.151. The van der Waals surface area contributed by atoms with Crippen molar-refractivity contribution in [3.63, 3.8) is 0 Å². The van der Waals surface area contributed by atoms with Crippen molar-refractivity contribution in [1.29, 1.82) is 0 Å². The Morgan fingerprint density at radius 2 is 1.82 bits per heavy atom. The van der Waals surface area contributed by atoms with Gasteiger partial charge in [0.2, 0.25) is 5.91 Å². The van der Waals surface area contributed by atoms with Crippen molar-refractivity contribution in [2.24, 2.45) is 5.92 Å². The van der Waals surface area contributed by atoms with Crippen LogP contribution in [-0.2, 0) is 24.5 Å². The summed E-state index contributed by atoms with van der Waals surface area (Å²) in [6, 6.07) is 5.41. The van der Waals surface area contributed by atoms with E-state index in [4.69, 9.17) is 4.74 Å². The molecule has 1 amide bonds. The third-order valence-corrected chi connectivity index (χ3v) is 6.41. The number of benzene rings is 1. The molecule has 1 fully saturated rings. The zero-order chi connectivity index (χ0) is 20.9. The fraction of sp³-hybridized carbons (Fsp3) is 0.556. The minimum Gasteiger partial charge on any atom is -0.466 e. The molecule has 1 aliphatic rings. The molecule has 1 aromatic carbocycles. The van der Waals surface area contributed by atoms with E-state index < -0.39 is 28.5 Å². The van der Waals surface area contributed by atoms with Gasteiger partial charge in [-0.15, -0.1) is 0 Å². The Labute approximate surface area is 165 Å². The van der Waals surface area contributed by atoms with Gasteiger partial charge in [-0.2, -0.15) is 12.7 Å². The zero-order valence-corrected chi connectivity index (χ0v) is 17.1. The summed E-state index contributed by atoms with van der Waals surface area (Å²) in [7, 11) is -1.44. The number of likely N-dealkylation sites (tertiary alicyclic amines) is 1. The molecule has 2 rings (SSSR count). The second-order valence-corrected chi connectivity index (χ2v) is 8.72. The Kier molecular flexibility index (Phi) is 7.36. The fourth-order valence-corrected chi connectivity index (χ4v) is 4.05.